The lowest BCUT2D eigenvalue weighted by atomic mass is 10.1. The van der Waals surface area contributed by atoms with Crippen molar-refractivity contribution in [3.63, 3.8) is 0 Å². The number of carbonyl (C=O) groups excluding carboxylic acids is 1. The highest BCUT2D eigenvalue weighted by atomic mass is 16.6. The Bertz CT molecular complexity index is 894. The molecule has 0 unspecified atom stereocenters. The van der Waals surface area contributed by atoms with Crippen molar-refractivity contribution in [2.75, 3.05) is 0 Å². The van der Waals surface area contributed by atoms with Crippen molar-refractivity contribution < 1.29 is 9.72 Å². The molecular formula is C17H12N2O3. The average Bonchev–Trinajstić information content (AvgIpc) is 2.97. The molecule has 3 rings (SSSR count). The maximum Gasteiger partial charge on any atom is 0.276 e. The summed E-state index contributed by atoms with van der Waals surface area (Å²) in [5.74, 6) is -0.199. The lowest BCUT2D eigenvalue weighted by Crippen LogP contribution is -1.94. The van der Waals surface area contributed by atoms with Crippen molar-refractivity contribution in [3.05, 3.63) is 82.0 Å². The standard InChI is InChI=1S/C17H12N2O3/c20-17(14-11-18-15-7-3-2-6-13(14)15)10-9-12-5-1-4-8-16(12)19(21)22/h1-11,18H. The topological polar surface area (TPSA) is 76.0 Å². The predicted octanol–water partition coefficient (Wildman–Crippen LogP) is 3.97. The lowest BCUT2D eigenvalue weighted by molar-refractivity contribution is -0.385. The number of rotatable bonds is 4. The molecule has 0 aliphatic heterocycles. The summed E-state index contributed by atoms with van der Waals surface area (Å²) in [7, 11) is 0. The zero-order valence-electron chi connectivity index (χ0n) is 11.5. The molecule has 1 N–H and O–H groups in total. The van der Waals surface area contributed by atoms with Gasteiger partial charge in [0.25, 0.3) is 5.69 Å². The molecule has 5 nitrogen and oxygen atoms in total. The third kappa shape index (κ3) is 2.52. The van der Waals surface area contributed by atoms with Gasteiger partial charge in [0.05, 0.1) is 10.5 Å². The predicted molar refractivity (Wildman–Crippen MR) is 84.8 cm³/mol. The minimum Gasteiger partial charge on any atom is -0.360 e. The van der Waals surface area contributed by atoms with E-state index in [-0.39, 0.29) is 11.5 Å². The zero-order chi connectivity index (χ0) is 15.5. The zero-order valence-corrected chi connectivity index (χ0v) is 11.5. The smallest absolute Gasteiger partial charge is 0.276 e. The van der Waals surface area contributed by atoms with E-state index >= 15 is 0 Å². The van der Waals surface area contributed by atoms with Crippen LogP contribution in [0.1, 0.15) is 15.9 Å². The number of carbonyl (C=O) groups is 1. The number of nitrogens with zero attached hydrogens (tertiary/aromatic N) is 1. The van der Waals surface area contributed by atoms with Gasteiger partial charge in [-0.3, -0.25) is 14.9 Å². The number of H-pyrrole nitrogens is 1. The summed E-state index contributed by atoms with van der Waals surface area (Å²) >= 11 is 0. The second-order valence-corrected chi connectivity index (χ2v) is 4.76. The number of hydrogen-bond donors (Lipinski definition) is 1. The third-order valence-corrected chi connectivity index (χ3v) is 3.40. The van der Waals surface area contributed by atoms with Crippen molar-refractivity contribution in [1.82, 2.24) is 4.98 Å². The van der Waals surface area contributed by atoms with Gasteiger partial charge in [-0.1, -0.05) is 30.3 Å². The van der Waals surface area contributed by atoms with Crippen LogP contribution in [0.4, 0.5) is 5.69 Å². The number of benzene rings is 2. The summed E-state index contributed by atoms with van der Waals surface area (Å²) in [6, 6.07) is 13.8. The van der Waals surface area contributed by atoms with Crippen LogP contribution in [0, 0.1) is 10.1 Å². The summed E-state index contributed by atoms with van der Waals surface area (Å²) in [6.45, 7) is 0. The molecule has 0 amide bonds. The largest absolute Gasteiger partial charge is 0.360 e. The number of aromatic amines is 1. The fourth-order valence-electron chi connectivity index (χ4n) is 2.33. The molecule has 0 spiro atoms. The second kappa shape index (κ2) is 5.65. The summed E-state index contributed by atoms with van der Waals surface area (Å²) in [5, 5.41) is 11.8. The summed E-state index contributed by atoms with van der Waals surface area (Å²) < 4.78 is 0. The Hall–Kier alpha value is -3.21. The van der Waals surface area contributed by atoms with E-state index < -0.39 is 4.92 Å². The molecule has 0 radical (unpaired) electrons. The van der Waals surface area contributed by atoms with Crippen molar-refractivity contribution in [2.24, 2.45) is 0 Å². The van der Waals surface area contributed by atoms with Gasteiger partial charge in [-0.2, -0.15) is 0 Å². The van der Waals surface area contributed by atoms with Crippen LogP contribution in [-0.2, 0) is 0 Å². The molecule has 2 aromatic carbocycles. The van der Waals surface area contributed by atoms with Gasteiger partial charge in [0, 0.05) is 28.7 Å². The molecule has 0 bridgehead atoms. The van der Waals surface area contributed by atoms with E-state index in [2.05, 4.69) is 4.98 Å². The Morgan fingerprint density at radius 2 is 1.82 bits per heavy atom. The highest BCUT2D eigenvalue weighted by Gasteiger charge is 2.12. The van der Waals surface area contributed by atoms with E-state index in [9.17, 15) is 14.9 Å². The first-order valence-electron chi connectivity index (χ1n) is 6.69. The number of hydrogen-bond acceptors (Lipinski definition) is 3. The molecule has 0 saturated carbocycles. The summed E-state index contributed by atoms with van der Waals surface area (Å²) in [5.41, 5.74) is 1.81. The fraction of sp³-hybridized carbons (Fsp3) is 0. The molecule has 0 aliphatic rings. The van der Waals surface area contributed by atoms with Crippen LogP contribution >= 0.6 is 0 Å². The average molecular weight is 292 g/mol. The number of allylic oxidation sites excluding steroid dienone is 1. The first kappa shape index (κ1) is 13.8. The molecule has 3 aromatic rings. The quantitative estimate of drug-likeness (QED) is 0.342. The SMILES string of the molecule is O=C(C=Cc1ccccc1[N+](=O)[O-])c1c[nH]c2ccccc12. The van der Waals surface area contributed by atoms with Gasteiger partial charge in [0.2, 0.25) is 0 Å². The third-order valence-electron chi connectivity index (χ3n) is 3.40. The number of ketones is 1. The maximum atomic E-state index is 12.3. The van der Waals surface area contributed by atoms with Gasteiger partial charge in [-0.15, -0.1) is 0 Å². The highest BCUT2D eigenvalue weighted by molar-refractivity contribution is 6.14. The number of fused-ring (bicyclic) bond motifs is 1. The van der Waals surface area contributed by atoms with Crippen LogP contribution in [0.2, 0.25) is 0 Å². The van der Waals surface area contributed by atoms with Gasteiger partial charge in [0.15, 0.2) is 5.78 Å². The van der Waals surface area contributed by atoms with E-state index in [1.54, 1.807) is 24.4 Å². The van der Waals surface area contributed by atoms with Crippen molar-refractivity contribution in [2.45, 2.75) is 0 Å². The van der Waals surface area contributed by atoms with Crippen LogP contribution in [0.15, 0.2) is 60.8 Å². The van der Waals surface area contributed by atoms with E-state index in [4.69, 9.17) is 0 Å². The van der Waals surface area contributed by atoms with Crippen molar-refractivity contribution in [3.8, 4) is 0 Å². The van der Waals surface area contributed by atoms with Gasteiger partial charge in [-0.05, 0) is 24.3 Å². The molecule has 5 heteroatoms. The molecule has 108 valence electrons. The van der Waals surface area contributed by atoms with Crippen LogP contribution < -0.4 is 0 Å². The van der Waals surface area contributed by atoms with Crippen molar-refractivity contribution >= 4 is 28.4 Å². The first-order chi connectivity index (χ1) is 10.7. The Morgan fingerprint density at radius 1 is 1.09 bits per heavy atom. The van der Waals surface area contributed by atoms with Crippen LogP contribution in [0.3, 0.4) is 0 Å². The molecular weight excluding hydrogens is 280 g/mol. The fourth-order valence-corrected chi connectivity index (χ4v) is 2.33. The van der Waals surface area contributed by atoms with Gasteiger partial charge < -0.3 is 4.98 Å². The minimum absolute atomic E-state index is 0.0227. The molecule has 1 heterocycles. The van der Waals surface area contributed by atoms with Gasteiger partial charge >= 0.3 is 0 Å². The number of nitrogens with one attached hydrogen (secondary N) is 1. The highest BCUT2D eigenvalue weighted by Crippen LogP contribution is 2.21. The van der Waals surface area contributed by atoms with Crippen LogP contribution in [-0.4, -0.2) is 15.7 Å². The van der Waals surface area contributed by atoms with Crippen LogP contribution in [0.25, 0.3) is 17.0 Å². The minimum atomic E-state index is -0.462. The first-order valence-corrected chi connectivity index (χ1v) is 6.69. The number of nitro benzene ring substituents is 1. The number of para-hydroxylation sites is 2. The van der Waals surface area contributed by atoms with E-state index in [0.717, 1.165) is 10.9 Å². The number of nitro groups is 1. The van der Waals surface area contributed by atoms with E-state index in [0.29, 0.717) is 11.1 Å². The van der Waals surface area contributed by atoms with Gasteiger partial charge in [0.1, 0.15) is 0 Å². The lowest BCUT2D eigenvalue weighted by Gasteiger charge is -1.97. The van der Waals surface area contributed by atoms with Crippen LogP contribution in [0.5, 0.6) is 0 Å². The normalized spacial score (nSPS) is 11.1. The van der Waals surface area contributed by atoms with Crippen molar-refractivity contribution in [1.29, 1.82) is 0 Å². The summed E-state index contributed by atoms with van der Waals surface area (Å²) in [6.07, 6.45) is 4.48. The Kier molecular flexibility index (Phi) is 3.53. The summed E-state index contributed by atoms with van der Waals surface area (Å²) in [4.78, 5) is 25.8. The molecule has 0 saturated heterocycles. The Morgan fingerprint density at radius 3 is 2.64 bits per heavy atom. The molecule has 0 fully saturated rings. The van der Waals surface area contributed by atoms with Gasteiger partial charge in [-0.25, -0.2) is 0 Å². The molecule has 0 aliphatic carbocycles. The Balaban J connectivity index is 1.93. The maximum absolute atomic E-state index is 12.3. The Labute approximate surface area is 126 Å². The number of aromatic nitrogens is 1. The van der Waals surface area contributed by atoms with E-state index in [1.165, 1.54) is 18.2 Å². The second-order valence-electron chi connectivity index (χ2n) is 4.76. The van der Waals surface area contributed by atoms with E-state index in [1.807, 2.05) is 24.3 Å². The molecule has 1 aromatic heterocycles. The monoisotopic (exact) mass is 292 g/mol. The molecule has 0 atom stereocenters. The molecule has 22 heavy (non-hydrogen) atoms.